The SMILES string of the molecule is COc1ccc(OCc2cc([C@H]3NC(=O)c4sc5nc(C(F)(F)F)cc(-c6cccs6)c5c4N3)ccc2OC)cc1. The largest absolute Gasteiger partial charge is 0.497 e. The first-order valence-electron chi connectivity index (χ1n) is 12.3. The van der Waals surface area contributed by atoms with Crippen LogP contribution in [0.1, 0.15) is 32.7 Å². The number of aromatic nitrogens is 1. The summed E-state index contributed by atoms with van der Waals surface area (Å²) in [6.45, 7) is 0.198. The number of hydrogen-bond acceptors (Lipinski definition) is 8. The van der Waals surface area contributed by atoms with Crippen molar-refractivity contribution in [3.8, 4) is 27.7 Å². The maximum Gasteiger partial charge on any atom is 0.433 e. The first-order chi connectivity index (χ1) is 19.7. The van der Waals surface area contributed by atoms with E-state index in [0.717, 1.165) is 28.5 Å². The van der Waals surface area contributed by atoms with Gasteiger partial charge >= 0.3 is 6.18 Å². The van der Waals surface area contributed by atoms with Gasteiger partial charge in [-0.25, -0.2) is 4.98 Å². The summed E-state index contributed by atoms with van der Waals surface area (Å²) in [5, 5.41) is 8.54. The summed E-state index contributed by atoms with van der Waals surface area (Å²) >= 11 is 2.25. The number of thiophene rings is 2. The normalized spacial score (nSPS) is 14.8. The Morgan fingerprint density at radius 1 is 0.976 bits per heavy atom. The minimum Gasteiger partial charge on any atom is -0.497 e. The molecule has 12 heteroatoms. The third-order valence-electron chi connectivity index (χ3n) is 6.60. The van der Waals surface area contributed by atoms with Gasteiger partial charge in [0.1, 0.15) is 45.4 Å². The number of anilines is 1. The second-order valence-corrected chi connectivity index (χ2v) is 11.0. The fourth-order valence-electron chi connectivity index (χ4n) is 4.63. The lowest BCUT2D eigenvalue weighted by atomic mass is 10.0. The molecule has 6 rings (SSSR count). The van der Waals surface area contributed by atoms with Crippen LogP contribution in [0, 0.1) is 0 Å². The summed E-state index contributed by atoms with van der Waals surface area (Å²) in [6.07, 6.45) is -5.28. The van der Waals surface area contributed by atoms with Crippen molar-refractivity contribution in [2.75, 3.05) is 19.5 Å². The van der Waals surface area contributed by atoms with E-state index in [2.05, 4.69) is 15.6 Å². The Kier molecular flexibility index (Phi) is 6.96. The molecule has 210 valence electrons. The fourth-order valence-corrected chi connectivity index (χ4v) is 6.45. The maximum absolute atomic E-state index is 13.7. The molecule has 3 aromatic heterocycles. The molecule has 1 aliphatic heterocycles. The predicted molar refractivity (Wildman–Crippen MR) is 152 cm³/mol. The number of alkyl halides is 3. The molecule has 0 fully saturated rings. The number of benzene rings is 2. The number of methoxy groups -OCH3 is 2. The van der Waals surface area contributed by atoms with Gasteiger partial charge in [-0.15, -0.1) is 22.7 Å². The molecule has 0 radical (unpaired) electrons. The van der Waals surface area contributed by atoms with Crippen LogP contribution in [0.4, 0.5) is 18.9 Å². The van der Waals surface area contributed by atoms with Crippen LogP contribution in [0.3, 0.4) is 0 Å². The van der Waals surface area contributed by atoms with Gasteiger partial charge in [0, 0.05) is 21.4 Å². The average molecular weight is 598 g/mol. The molecule has 2 aromatic carbocycles. The number of fused-ring (bicyclic) bond motifs is 3. The quantitative estimate of drug-likeness (QED) is 0.202. The third-order valence-corrected chi connectivity index (χ3v) is 8.59. The lowest BCUT2D eigenvalue weighted by Gasteiger charge is -2.27. The number of nitrogens with one attached hydrogen (secondary N) is 2. The van der Waals surface area contributed by atoms with E-state index in [0.29, 0.717) is 38.8 Å². The van der Waals surface area contributed by atoms with Crippen molar-refractivity contribution in [2.24, 2.45) is 0 Å². The molecule has 0 bridgehead atoms. The monoisotopic (exact) mass is 597 g/mol. The zero-order valence-corrected chi connectivity index (χ0v) is 23.3. The fraction of sp³-hybridized carbons (Fsp3) is 0.172. The van der Waals surface area contributed by atoms with Crippen LogP contribution in [0.25, 0.3) is 20.7 Å². The van der Waals surface area contributed by atoms with Gasteiger partial charge < -0.3 is 24.8 Å². The second-order valence-electron chi connectivity index (χ2n) is 9.10. The molecular formula is C29H22F3N3O4S2. The zero-order valence-electron chi connectivity index (χ0n) is 21.7. The molecule has 0 aliphatic carbocycles. The number of amides is 1. The smallest absolute Gasteiger partial charge is 0.433 e. The van der Waals surface area contributed by atoms with E-state index in [1.807, 2.05) is 12.1 Å². The summed E-state index contributed by atoms with van der Waals surface area (Å²) in [5.41, 5.74) is 1.29. The molecule has 2 N–H and O–H groups in total. The van der Waals surface area contributed by atoms with Gasteiger partial charge in [0.15, 0.2) is 0 Å². The molecule has 41 heavy (non-hydrogen) atoms. The van der Waals surface area contributed by atoms with Crippen LogP contribution in [0.15, 0.2) is 66.0 Å². The molecule has 0 saturated carbocycles. The Bertz CT molecular complexity index is 1740. The number of carbonyl (C=O) groups is 1. The lowest BCUT2D eigenvalue weighted by Crippen LogP contribution is -2.37. The van der Waals surface area contributed by atoms with Gasteiger partial charge in [-0.05, 0) is 59.5 Å². The summed E-state index contributed by atoms with van der Waals surface area (Å²) in [4.78, 5) is 18.2. The van der Waals surface area contributed by atoms with Gasteiger partial charge in [-0.3, -0.25) is 4.79 Å². The number of pyridine rings is 1. The van der Waals surface area contributed by atoms with Crippen molar-refractivity contribution in [1.82, 2.24) is 10.3 Å². The number of hydrogen-bond donors (Lipinski definition) is 2. The zero-order chi connectivity index (χ0) is 28.7. The Balaban J connectivity index is 1.36. The van der Waals surface area contributed by atoms with Crippen LogP contribution in [0.5, 0.6) is 17.2 Å². The molecule has 5 aromatic rings. The maximum atomic E-state index is 13.7. The van der Waals surface area contributed by atoms with Crippen molar-refractivity contribution in [3.63, 3.8) is 0 Å². The van der Waals surface area contributed by atoms with Crippen molar-refractivity contribution in [1.29, 1.82) is 0 Å². The first kappa shape index (κ1) is 26.9. The van der Waals surface area contributed by atoms with Crippen LogP contribution >= 0.6 is 22.7 Å². The van der Waals surface area contributed by atoms with Crippen molar-refractivity contribution in [2.45, 2.75) is 18.9 Å². The third kappa shape index (κ3) is 5.16. The molecular weight excluding hydrogens is 575 g/mol. The van der Waals surface area contributed by atoms with E-state index >= 15 is 0 Å². The van der Waals surface area contributed by atoms with Gasteiger partial charge in [-0.1, -0.05) is 12.1 Å². The van der Waals surface area contributed by atoms with Crippen LogP contribution < -0.4 is 24.8 Å². The van der Waals surface area contributed by atoms with E-state index in [1.165, 1.54) is 11.3 Å². The average Bonchev–Trinajstić information content (AvgIpc) is 3.64. The van der Waals surface area contributed by atoms with E-state index < -0.39 is 23.9 Å². The lowest BCUT2D eigenvalue weighted by molar-refractivity contribution is -0.140. The van der Waals surface area contributed by atoms with Gasteiger partial charge in [0.25, 0.3) is 5.91 Å². The Labute approximate surface area is 240 Å². The summed E-state index contributed by atoms with van der Waals surface area (Å²) in [5.74, 6) is 1.56. The Hall–Kier alpha value is -4.29. The highest BCUT2D eigenvalue weighted by molar-refractivity contribution is 7.21. The number of ether oxygens (including phenoxy) is 3. The van der Waals surface area contributed by atoms with E-state index in [1.54, 1.807) is 62.1 Å². The van der Waals surface area contributed by atoms with E-state index in [4.69, 9.17) is 14.2 Å². The predicted octanol–water partition coefficient (Wildman–Crippen LogP) is 7.49. The standard InChI is InChI=1S/C29H22F3N3O4S2/c1-37-17-6-8-18(9-7-17)39-14-16-12-15(5-10-20(16)38-2)26-34-24-23-19(21-4-3-11-40-21)13-22(29(30,31)32)33-28(23)41-25(24)27(36)35-26/h3-13,26,34H,14H2,1-2H3,(H,35,36)/t26-/m1/s1. The second kappa shape index (κ2) is 10.6. The van der Waals surface area contributed by atoms with Crippen molar-refractivity contribution in [3.05, 3.63) is 87.7 Å². The Morgan fingerprint density at radius 3 is 2.44 bits per heavy atom. The highest BCUT2D eigenvalue weighted by atomic mass is 32.1. The van der Waals surface area contributed by atoms with Gasteiger partial charge in [0.05, 0.1) is 19.9 Å². The minimum atomic E-state index is -4.63. The topological polar surface area (TPSA) is 81.7 Å². The summed E-state index contributed by atoms with van der Waals surface area (Å²) in [6, 6.07) is 17.2. The van der Waals surface area contributed by atoms with Crippen LogP contribution in [-0.2, 0) is 12.8 Å². The van der Waals surface area contributed by atoms with Crippen molar-refractivity contribution >= 4 is 44.5 Å². The summed E-state index contributed by atoms with van der Waals surface area (Å²) in [7, 11) is 3.15. The Morgan fingerprint density at radius 2 is 1.76 bits per heavy atom. The van der Waals surface area contributed by atoms with E-state index in [-0.39, 0.29) is 16.3 Å². The number of carbonyl (C=O) groups excluding carboxylic acids is 1. The highest BCUT2D eigenvalue weighted by Gasteiger charge is 2.36. The molecule has 1 aliphatic rings. The molecule has 1 atom stereocenters. The minimum absolute atomic E-state index is 0.139. The number of rotatable bonds is 7. The molecule has 1 amide bonds. The van der Waals surface area contributed by atoms with Crippen LogP contribution in [-0.4, -0.2) is 25.1 Å². The van der Waals surface area contributed by atoms with Crippen LogP contribution in [0.2, 0.25) is 0 Å². The van der Waals surface area contributed by atoms with Crippen molar-refractivity contribution < 1.29 is 32.2 Å². The van der Waals surface area contributed by atoms with E-state index in [9.17, 15) is 18.0 Å². The molecule has 0 spiro atoms. The number of halogens is 3. The first-order valence-corrected chi connectivity index (χ1v) is 14.0. The molecule has 7 nitrogen and oxygen atoms in total. The van der Waals surface area contributed by atoms with Gasteiger partial charge in [-0.2, -0.15) is 13.2 Å². The summed E-state index contributed by atoms with van der Waals surface area (Å²) < 4.78 is 57.8. The van der Waals surface area contributed by atoms with Gasteiger partial charge in [0.2, 0.25) is 0 Å². The molecule has 0 saturated heterocycles. The number of nitrogens with zero attached hydrogens (tertiary/aromatic N) is 1. The molecule has 4 heterocycles. The molecule has 0 unspecified atom stereocenters. The highest BCUT2D eigenvalue weighted by Crippen LogP contribution is 2.46.